The molecule has 0 saturated carbocycles. The van der Waals surface area contributed by atoms with E-state index in [1.165, 1.54) is 11.3 Å². The van der Waals surface area contributed by atoms with Crippen LogP contribution in [-0.4, -0.2) is 70.2 Å². The van der Waals surface area contributed by atoms with E-state index in [2.05, 4.69) is 31.5 Å². The first-order valence-corrected chi connectivity index (χ1v) is 10.8. The molecule has 0 unspecified atom stereocenters. The molecule has 3 rings (SSSR count). The van der Waals surface area contributed by atoms with Gasteiger partial charge < -0.3 is 25.2 Å². The predicted molar refractivity (Wildman–Crippen MR) is 135 cm³/mol. The third-order valence-corrected chi connectivity index (χ3v) is 5.75. The van der Waals surface area contributed by atoms with E-state index in [9.17, 15) is 4.79 Å². The molecule has 1 aromatic carbocycles. The Kier molecular flexibility index (Phi) is 10.2. The van der Waals surface area contributed by atoms with Gasteiger partial charge in [0.05, 0.1) is 17.7 Å². The average molecular weight is 543 g/mol. The largest absolute Gasteiger partial charge is 0.495 e. The number of piperazine rings is 1. The van der Waals surface area contributed by atoms with Crippen molar-refractivity contribution in [2.75, 3.05) is 58.3 Å². The van der Waals surface area contributed by atoms with Crippen LogP contribution in [0.4, 0.5) is 5.69 Å². The fraction of sp³-hybridized carbons (Fsp3) is 0.429. The van der Waals surface area contributed by atoms with Crippen LogP contribution in [0.15, 0.2) is 46.8 Å². The van der Waals surface area contributed by atoms with Gasteiger partial charge in [-0.1, -0.05) is 18.2 Å². The van der Waals surface area contributed by atoms with E-state index in [4.69, 9.17) is 4.74 Å². The summed E-state index contributed by atoms with van der Waals surface area (Å²) in [5.41, 5.74) is 1.14. The first-order chi connectivity index (χ1) is 14.2. The summed E-state index contributed by atoms with van der Waals surface area (Å²) >= 11 is 1.46. The van der Waals surface area contributed by atoms with Crippen molar-refractivity contribution in [2.45, 2.75) is 6.42 Å². The number of guanidine groups is 1. The topological polar surface area (TPSA) is 69.2 Å². The Bertz CT molecular complexity index is 807. The van der Waals surface area contributed by atoms with Crippen LogP contribution < -0.4 is 20.3 Å². The van der Waals surface area contributed by atoms with E-state index in [1.807, 2.05) is 42.8 Å². The minimum atomic E-state index is -0.00292. The summed E-state index contributed by atoms with van der Waals surface area (Å²) in [4.78, 5) is 21.7. The number of carbonyl (C=O) groups excluding carboxylic acids is 1. The quantitative estimate of drug-likeness (QED) is 0.243. The molecule has 1 fully saturated rings. The van der Waals surface area contributed by atoms with Crippen molar-refractivity contribution in [3.05, 3.63) is 46.7 Å². The lowest BCUT2D eigenvalue weighted by Gasteiger charge is -2.38. The highest BCUT2D eigenvalue weighted by Gasteiger charge is 2.21. The molecule has 1 aliphatic heterocycles. The fourth-order valence-electron chi connectivity index (χ4n) is 3.37. The number of anilines is 1. The van der Waals surface area contributed by atoms with Crippen LogP contribution in [0.5, 0.6) is 5.75 Å². The number of nitrogens with one attached hydrogen (secondary N) is 2. The van der Waals surface area contributed by atoms with E-state index in [-0.39, 0.29) is 29.9 Å². The lowest BCUT2D eigenvalue weighted by molar-refractivity contribution is 0.0957. The summed E-state index contributed by atoms with van der Waals surface area (Å²) in [5, 5.41) is 8.27. The van der Waals surface area contributed by atoms with Crippen molar-refractivity contribution in [1.82, 2.24) is 15.5 Å². The van der Waals surface area contributed by atoms with E-state index in [0.717, 1.165) is 61.4 Å². The first-order valence-electron chi connectivity index (χ1n) is 9.88. The number of para-hydroxylation sites is 2. The number of aliphatic imine (C=N–C) groups is 1. The maximum absolute atomic E-state index is 11.9. The summed E-state index contributed by atoms with van der Waals surface area (Å²) in [7, 11) is 3.53. The molecule has 7 nitrogen and oxygen atoms in total. The Balaban J connectivity index is 0.00000320. The number of methoxy groups -OCH3 is 1. The second-order valence-corrected chi connectivity index (χ2v) is 7.65. The van der Waals surface area contributed by atoms with Crippen LogP contribution in [0.3, 0.4) is 0 Å². The molecule has 1 amide bonds. The van der Waals surface area contributed by atoms with Crippen LogP contribution in [0, 0.1) is 0 Å². The second kappa shape index (κ2) is 12.6. The normalized spacial score (nSPS) is 14.1. The van der Waals surface area contributed by atoms with Gasteiger partial charge in [-0.15, -0.1) is 35.3 Å². The number of benzene rings is 1. The fourth-order valence-corrected chi connectivity index (χ4v) is 4.01. The lowest BCUT2D eigenvalue weighted by Crippen LogP contribution is -2.52. The maximum atomic E-state index is 11.9. The van der Waals surface area contributed by atoms with Crippen molar-refractivity contribution >= 4 is 52.9 Å². The van der Waals surface area contributed by atoms with Crippen LogP contribution in [0.2, 0.25) is 0 Å². The molecular formula is C21H30IN5O2S. The molecule has 0 bridgehead atoms. The third-order valence-electron chi connectivity index (χ3n) is 4.88. The molecule has 0 atom stereocenters. The number of amides is 1. The second-order valence-electron chi connectivity index (χ2n) is 6.71. The van der Waals surface area contributed by atoms with E-state index < -0.39 is 0 Å². The zero-order chi connectivity index (χ0) is 20.5. The minimum Gasteiger partial charge on any atom is -0.495 e. The number of hydrogen-bond donors (Lipinski definition) is 2. The molecule has 2 N–H and O–H groups in total. The van der Waals surface area contributed by atoms with Crippen molar-refractivity contribution < 1.29 is 9.53 Å². The van der Waals surface area contributed by atoms with Gasteiger partial charge in [-0.2, -0.15) is 0 Å². The minimum absolute atomic E-state index is 0. The standard InChI is InChI=1S/C21H29N5O2S.HI/c1-22-21(24-11-6-10-23-20(27)19-9-5-16-29-19)26-14-12-25(13-15-26)17-7-3-4-8-18(17)28-2;/h3-5,7-9,16H,6,10-15H2,1-2H3,(H,22,24)(H,23,27);1H. The van der Waals surface area contributed by atoms with Gasteiger partial charge in [-0.3, -0.25) is 9.79 Å². The summed E-state index contributed by atoms with van der Waals surface area (Å²) in [6.45, 7) is 5.03. The van der Waals surface area contributed by atoms with E-state index in [1.54, 1.807) is 7.11 Å². The van der Waals surface area contributed by atoms with Crippen LogP contribution >= 0.6 is 35.3 Å². The molecule has 1 aromatic heterocycles. The molecule has 0 spiro atoms. The zero-order valence-corrected chi connectivity index (χ0v) is 20.6. The summed E-state index contributed by atoms with van der Waals surface area (Å²) < 4.78 is 5.49. The smallest absolute Gasteiger partial charge is 0.261 e. The lowest BCUT2D eigenvalue weighted by atomic mass is 10.2. The Labute approximate surface area is 199 Å². The highest BCUT2D eigenvalue weighted by atomic mass is 127. The number of ether oxygens (including phenoxy) is 1. The van der Waals surface area contributed by atoms with Gasteiger partial charge >= 0.3 is 0 Å². The summed E-state index contributed by atoms with van der Waals surface area (Å²) in [6.07, 6.45) is 0.845. The van der Waals surface area contributed by atoms with Gasteiger partial charge in [0.15, 0.2) is 5.96 Å². The predicted octanol–water partition coefficient (Wildman–Crippen LogP) is 2.89. The average Bonchev–Trinajstić information content (AvgIpc) is 3.31. The van der Waals surface area contributed by atoms with Gasteiger partial charge in [0.25, 0.3) is 5.91 Å². The summed E-state index contributed by atoms with van der Waals surface area (Å²) in [5.74, 6) is 1.82. The van der Waals surface area contributed by atoms with Crippen molar-refractivity contribution in [1.29, 1.82) is 0 Å². The maximum Gasteiger partial charge on any atom is 0.261 e. The van der Waals surface area contributed by atoms with Gasteiger partial charge in [0.1, 0.15) is 5.75 Å². The number of nitrogens with zero attached hydrogens (tertiary/aromatic N) is 3. The van der Waals surface area contributed by atoms with Crippen LogP contribution in [0.25, 0.3) is 0 Å². The molecule has 164 valence electrons. The molecule has 30 heavy (non-hydrogen) atoms. The molecular weight excluding hydrogens is 513 g/mol. The zero-order valence-electron chi connectivity index (χ0n) is 17.5. The SMILES string of the molecule is CN=C(NCCCNC(=O)c1cccs1)N1CCN(c2ccccc2OC)CC1.I. The third kappa shape index (κ3) is 6.49. The number of carbonyl (C=O) groups is 1. The van der Waals surface area contributed by atoms with Gasteiger partial charge in [-0.25, -0.2) is 0 Å². The Morgan fingerprint density at radius 2 is 1.83 bits per heavy atom. The Morgan fingerprint density at radius 1 is 1.10 bits per heavy atom. The molecule has 0 aliphatic carbocycles. The number of hydrogen-bond acceptors (Lipinski definition) is 5. The number of rotatable bonds is 7. The number of halogens is 1. The van der Waals surface area contributed by atoms with Crippen molar-refractivity contribution in [3.8, 4) is 5.75 Å². The molecule has 2 heterocycles. The summed E-state index contributed by atoms with van der Waals surface area (Å²) in [6, 6.07) is 11.9. The number of thiophene rings is 1. The molecule has 9 heteroatoms. The molecule has 1 saturated heterocycles. The monoisotopic (exact) mass is 543 g/mol. The van der Waals surface area contributed by atoms with E-state index >= 15 is 0 Å². The Morgan fingerprint density at radius 3 is 2.50 bits per heavy atom. The molecule has 0 radical (unpaired) electrons. The van der Waals surface area contributed by atoms with Gasteiger partial charge in [0, 0.05) is 46.3 Å². The van der Waals surface area contributed by atoms with Gasteiger partial charge in [-0.05, 0) is 30.0 Å². The Hall–Kier alpha value is -2.01. The van der Waals surface area contributed by atoms with Crippen LogP contribution in [-0.2, 0) is 0 Å². The molecule has 2 aromatic rings. The van der Waals surface area contributed by atoms with Crippen LogP contribution in [0.1, 0.15) is 16.1 Å². The van der Waals surface area contributed by atoms with Gasteiger partial charge in [0.2, 0.25) is 0 Å². The molecule has 1 aliphatic rings. The van der Waals surface area contributed by atoms with Crippen molar-refractivity contribution in [2.24, 2.45) is 4.99 Å². The first kappa shape index (κ1) is 24.3. The van der Waals surface area contributed by atoms with Crippen molar-refractivity contribution in [3.63, 3.8) is 0 Å². The highest BCUT2D eigenvalue weighted by molar-refractivity contribution is 14.0. The highest BCUT2D eigenvalue weighted by Crippen LogP contribution is 2.28. The van der Waals surface area contributed by atoms with E-state index in [0.29, 0.717) is 6.54 Å².